The highest BCUT2D eigenvalue weighted by molar-refractivity contribution is 5.78. The first-order valence-corrected chi connectivity index (χ1v) is 18.4. The number of nitrogens with zero attached hydrogens (tertiary/aromatic N) is 9. The lowest BCUT2D eigenvalue weighted by molar-refractivity contribution is 0.903. The normalized spacial score (nSPS) is 11.0. The van der Waals surface area contributed by atoms with Gasteiger partial charge in [-0.1, -0.05) is 97.1 Å². The Kier molecular flexibility index (Phi) is 13.1. The Morgan fingerprint density at radius 3 is 1.40 bits per heavy atom. The van der Waals surface area contributed by atoms with Crippen molar-refractivity contribution in [2.45, 2.75) is 0 Å². The summed E-state index contributed by atoms with van der Waals surface area (Å²) in [4.78, 5) is 39.6. The first-order chi connectivity index (χ1) is 28.7. The van der Waals surface area contributed by atoms with Crippen LogP contribution in [-0.4, -0.2) is 54.4 Å². The minimum absolute atomic E-state index is 0.864. The Morgan fingerprint density at radius 1 is 0.431 bits per heavy atom. The molecular weight excluding hydrogens is 719 g/mol. The van der Waals surface area contributed by atoms with E-state index in [0.29, 0.717) is 0 Å². The van der Waals surface area contributed by atoms with Crippen LogP contribution in [0.1, 0.15) is 34.0 Å². The molecule has 58 heavy (non-hydrogen) atoms. The second kappa shape index (κ2) is 19.9. The van der Waals surface area contributed by atoms with Crippen LogP contribution in [0.3, 0.4) is 0 Å². The summed E-state index contributed by atoms with van der Waals surface area (Å²) in [6, 6.07) is 38.0. The minimum Gasteiger partial charge on any atom is -0.345 e. The predicted molar refractivity (Wildman–Crippen MR) is 232 cm³/mol. The molecule has 3 aromatic carbocycles. The van der Waals surface area contributed by atoms with Gasteiger partial charge in [-0.25, -0.2) is 34.9 Å². The summed E-state index contributed by atoms with van der Waals surface area (Å²) in [5.74, 6) is 0. The number of hydrogen-bond donors (Lipinski definition) is 2. The van der Waals surface area contributed by atoms with E-state index in [1.54, 1.807) is 43.8 Å². The van der Waals surface area contributed by atoms with Gasteiger partial charge >= 0.3 is 0 Å². The van der Waals surface area contributed by atoms with Crippen molar-refractivity contribution >= 4 is 36.5 Å². The molecule has 0 spiro atoms. The van der Waals surface area contributed by atoms with Gasteiger partial charge in [0.05, 0.1) is 64.5 Å². The summed E-state index contributed by atoms with van der Waals surface area (Å²) in [5.41, 5.74) is 12.0. The van der Waals surface area contributed by atoms with Gasteiger partial charge in [-0.15, -0.1) is 0 Å². The van der Waals surface area contributed by atoms with Crippen molar-refractivity contribution in [2.75, 3.05) is 0 Å². The molecule has 0 aliphatic heterocycles. The fraction of sp³-hybridized carbons (Fsp3) is 0.0213. The van der Waals surface area contributed by atoms with E-state index in [2.05, 4.69) is 74.1 Å². The SMILES string of the molecule is C(=C\c1[nH]cnc1-c1ccccc1)/c1ccncc1.C(=C\c1[nH]cnc1-c1ccccc1)/c1ccncn1.Cn1cnc(-c2ccccc2)c1/C=C/c1ccncn1. The average Bonchev–Trinajstić information content (AvgIpc) is 4.07. The maximum absolute atomic E-state index is 4.48. The number of imidazole rings is 3. The monoisotopic (exact) mass is 757 g/mol. The number of hydrogen-bond acceptors (Lipinski definition) is 8. The Morgan fingerprint density at radius 2 is 0.897 bits per heavy atom. The molecule has 0 aliphatic carbocycles. The largest absolute Gasteiger partial charge is 0.345 e. The number of nitrogens with one attached hydrogen (secondary N) is 2. The van der Waals surface area contributed by atoms with Gasteiger partial charge in [0, 0.05) is 48.5 Å². The summed E-state index contributed by atoms with van der Waals surface area (Å²) in [6.07, 6.45) is 27.3. The quantitative estimate of drug-likeness (QED) is 0.148. The number of benzene rings is 3. The third kappa shape index (κ3) is 10.5. The maximum Gasteiger partial charge on any atom is 0.115 e. The van der Waals surface area contributed by atoms with Gasteiger partial charge in [-0.3, -0.25) is 4.98 Å². The average molecular weight is 758 g/mol. The highest BCUT2D eigenvalue weighted by Crippen LogP contribution is 2.24. The first-order valence-electron chi connectivity index (χ1n) is 18.4. The smallest absolute Gasteiger partial charge is 0.115 e. The second-order valence-electron chi connectivity index (χ2n) is 12.6. The Bertz CT molecular complexity index is 2530. The number of aromatic amines is 2. The molecule has 9 aromatic rings. The van der Waals surface area contributed by atoms with Gasteiger partial charge in [-0.05, 0) is 60.2 Å². The number of rotatable bonds is 9. The molecule has 11 nitrogen and oxygen atoms in total. The van der Waals surface area contributed by atoms with E-state index in [9.17, 15) is 0 Å². The third-order valence-corrected chi connectivity index (χ3v) is 8.65. The van der Waals surface area contributed by atoms with Crippen molar-refractivity contribution in [3.05, 3.63) is 206 Å². The molecule has 282 valence electrons. The molecule has 0 saturated carbocycles. The molecule has 9 rings (SSSR count). The van der Waals surface area contributed by atoms with Crippen molar-refractivity contribution in [1.29, 1.82) is 0 Å². The third-order valence-electron chi connectivity index (χ3n) is 8.65. The van der Waals surface area contributed by atoms with Crippen LogP contribution in [0, 0.1) is 0 Å². The lowest BCUT2D eigenvalue weighted by Gasteiger charge is -2.01. The van der Waals surface area contributed by atoms with Gasteiger partial charge in [0.1, 0.15) is 12.7 Å². The van der Waals surface area contributed by atoms with Crippen LogP contribution < -0.4 is 0 Å². The van der Waals surface area contributed by atoms with Crippen molar-refractivity contribution in [3.63, 3.8) is 0 Å². The van der Waals surface area contributed by atoms with E-state index >= 15 is 0 Å². The summed E-state index contributed by atoms with van der Waals surface area (Å²) < 4.78 is 2.00. The lowest BCUT2D eigenvalue weighted by atomic mass is 10.1. The van der Waals surface area contributed by atoms with E-state index < -0.39 is 0 Å². The topological polar surface area (TPSA) is 140 Å². The van der Waals surface area contributed by atoms with Crippen molar-refractivity contribution in [3.8, 4) is 33.8 Å². The zero-order valence-corrected chi connectivity index (χ0v) is 31.7. The van der Waals surface area contributed by atoms with E-state index in [4.69, 9.17) is 0 Å². The van der Waals surface area contributed by atoms with E-state index in [0.717, 1.165) is 67.8 Å². The van der Waals surface area contributed by atoms with Crippen molar-refractivity contribution < 1.29 is 0 Å². The molecule has 0 atom stereocenters. The molecule has 0 unspecified atom stereocenters. The van der Waals surface area contributed by atoms with Crippen molar-refractivity contribution in [1.82, 2.24) is 54.4 Å². The summed E-state index contributed by atoms with van der Waals surface area (Å²) in [5, 5.41) is 0. The summed E-state index contributed by atoms with van der Waals surface area (Å²) in [7, 11) is 1.99. The highest BCUT2D eigenvalue weighted by atomic mass is 15.0. The number of H-pyrrole nitrogens is 2. The molecule has 11 heteroatoms. The van der Waals surface area contributed by atoms with Crippen molar-refractivity contribution in [2.24, 2.45) is 7.05 Å². The van der Waals surface area contributed by atoms with Crippen LogP contribution in [0.25, 0.3) is 70.2 Å². The standard InChI is InChI=1S/C16H14N4.C16H13N3.C15H12N4/c1-20-12-19-16(13-5-3-2-4-6-13)15(20)8-7-14-9-10-17-11-18-14;1-2-4-14(5-3-1)16-15(18-12-19-16)7-6-13-8-10-17-11-9-13;1-2-4-12(5-3-1)15-14(18-11-19-15)7-6-13-8-9-16-10-17-13/h2-12H,1H3;1-12H,(H,18,19);1-11H,(H,18,19)/b8-7+;2*7-6+. The molecule has 0 bridgehead atoms. The molecular formula is C47H39N11. The van der Waals surface area contributed by atoms with Gasteiger partial charge in [0.25, 0.3) is 0 Å². The first kappa shape index (κ1) is 38.1. The van der Waals surface area contributed by atoms with E-state index in [1.165, 1.54) is 6.33 Å². The number of aryl methyl sites for hydroxylation is 1. The lowest BCUT2D eigenvalue weighted by Crippen LogP contribution is -1.90. The van der Waals surface area contributed by atoms with Crippen LogP contribution in [0.4, 0.5) is 0 Å². The fourth-order valence-corrected chi connectivity index (χ4v) is 5.76. The summed E-state index contributed by atoms with van der Waals surface area (Å²) in [6.45, 7) is 0. The Balaban J connectivity index is 0.000000132. The Hall–Kier alpha value is -8.18. The fourth-order valence-electron chi connectivity index (χ4n) is 5.76. The summed E-state index contributed by atoms with van der Waals surface area (Å²) >= 11 is 0. The zero-order chi connectivity index (χ0) is 39.6. The van der Waals surface area contributed by atoms with Crippen LogP contribution in [0.5, 0.6) is 0 Å². The molecule has 0 fully saturated rings. The molecule has 0 radical (unpaired) electrons. The zero-order valence-electron chi connectivity index (χ0n) is 31.7. The van der Waals surface area contributed by atoms with Gasteiger partial charge < -0.3 is 14.5 Å². The maximum atomic E-state index is 4.48. The molecule has 0 aliphatic rings. The Labute approximate surface area is 336 Å². The van der Waals surface area contributed by atoms with E-state index in [-0.39, 0.29) is 0 Å². The van der Waals surface area contributed by atoms with Crippen LogP contribution >= 0.6 is 0 Å². The van der Waals surface area contributed by atoms with Crippen LogP contribution in [0.2, 0.25) is 0 Å². The molecule has 2 N–H and O–H groups in total. The van der Waals surface area contributed by atoms with Crippen LogP contribution in [0.15, 0.2) is 172 Å². The molecule has 0 saturated heterocycles. The predicted octanol–water partition coefficient (Wildman–Crippen LogP) is 9.73. The number of pyridine rings is 1. The molecule has 6 heterocycles. The van der Waals surface area contributed by atoms with E-state index in [1.807, 2.05) is 145 Å². The molecule has 6 aromatic heterocycles. The van der Waals surface area contributed by atoms with Gasteiger partial charge in [-0.2, -0.15) is 0 Å². The second-order valence-corrected chi connectivity index (χ2v) is 12.6. The highest BCUT2D eigenvalue weighted by Gasteiger charge is 2.08. The van der Waals surface area contributed by atoms with Gasteiger partial charge in [0.15, 0.2) is 0 Å². The number of aromatic nitrogens is 11. The molecule has 0 amide bonds. The minimum atomic E-state index is 0.864. The van der Waals surface area contributed by atoms with Gasteiger partial charge in [0.2, 0.25) is 0 Å². The van der Waals surface area contributed by atoms with Crippen LogP contribution in [-0.2, 0) is 7.05 Å².